The Kier molecular flexibility index (Phi) is 8.65. The van der Waals surface area contributed by atoms with Crippen molar-refractivity contribution < 1.29 is 14.3 Å². The molecule has 0 spiro atoms. The third-order valence-corrected chi connectivity index (χ3v) is 5.67. The summed E-state index contributed by atoms with van der Waals surface area (Å²) >= 11 is 0. The lowest BCUT2D eigenvalue weighted by Gasteiger charge is -2.44. The van der Waals surface area contributed by atoms with E-state index in [1.54, 1.807) is 11.8 Å². The molecule has 7 nitrogen and oxygen atoms in total. The van der Waals surface area contributed by atoms with Gasteiger partial charge in [-0.25, -0.2) is 4.79 Å². The third kappa shape index (κ3) is 5.84. The maximum Gasteiger partial charge on any atom is 0.317 e. The van der Waals surface area contributed by atoms with Crippen molar-refractivity contribution in [2.24, 2.45) is 0 Å². The Hall–Kier alpha value is -1.34. The Morgan fingerprint density at radius 1 is 1.12 bits per heavy atom. The zero-order chi connectivity index (χ0) is 18.9. The van der Waals surface area contributed by atoms with Gasteiger partial charge in [0.05, 0.1) is 0 Å². The second-order valence-electron chi connectivity index (χ2n) is 7.25. The molecule has 0 aromatic heterocycles. The van der Waals surface area contributed by atoms with Gasteiger partial charge in [0.15, 0.2) is 0 Å². The number of rotatable bonds is 7. The van der Waals surface area contributed by atoms with Crippen LogP contribution in [0.4, 0.5) is 4.79 Å². The standard InChI is InChI=1S/C19H36N4O3/c1-4-21(5-2)19(25)20-10-12-23(17-8-13-26-14-9-17)18-7-6-11-22(15-18)16(3)24/h17-18H,4-15H2,1-3H3,(H,20,25). The Bertz CT molecular complexity index is 450. The lowest BCUT2D eigenvalue weighted by atomic mass is 9.98. The van der Waals surface area contributed by atoms with E-state index in [1.807, 2.05) is 18.7 Å². The van der Waals surface area contributed by atoms with Crippen LogP contribution in [0, 0.1) is 0 Å². The first-order valence-corrected chi connectivity index (χ1v) is 10.2. The van der Waals surface area contributed by atoms with E-state index >= 15 is 0 Å². The summed E-state index contributed by atoms with van der Waals surface area (Å²) in [6.45, 7) is 11.8. The molecular formula is C19H36N4O3. The summed E-state index contributed by atoms with van der Waals surface area (Å²) < 4.78 is 5.53. The van der Waals surface area contributed by atoms with Crippen LogP contribution < -0.4 is 5.32 Å². The van der Waals surface area contributed by atoms with Crippen molar-refractivity contribution in [1.29, 1.82) is 0 Å². The van der Waals surface area contributed by atoms with Gasteiger partial charge >= 0.3 is 6.03 Å². The maximum atomic E-state index is 12.2. The number of urea groups is 1. The fourth-order valence-electron chi connectivity index (χ4n) is 4.11. The van der Waals surface area contributed by atoms with E-state index in [9.17, 15) is 9.59 Å². The summed E-state index contributed by atoms with van der Waals surface area (Å²) in [5, 5.41) is 3.06. The van der Waals surface area contributed by atoms with Crippen LogP contribution in [-0.2, 0) is 9.53 Å². The topological polar surface area (TPSA) is 65.1 Å². The molecule has 150 valence electrons. The predicted octanol–water partition coefficient (Wildman–Crippen LogP) is 1.53. The molecule has 2 fully saturated rings. The highest BCUT2D eigenvalue weighted by Gasteiger charge is 2.31. The van der Waals surface area contributed by atoms with Gasteiger partial charge in [0, 0.05) is 71.5 Å². The fraction of sp³-hybridized carbons (Fsp3) is 0.895. The summed E-state index contributed by atoms with van der Waals surface area (Å²) in [5.41, 5.74) is 0. The van der Waals surface area contributed by atoms with Crippen LogP contribution in [0.1, 0.15) is 46.5 Å². The Morgan fingerprint density at radius 2 is 1.81 bits per heavy atom. The van der Waals surface area contributed by atoms with Gasteiger partial charge in [-0.2, -0.15) is 0 Å². The van der Waals surface area contributed by atoms with Gasteiger partial charge in [0.25, 0.3) is 0 Å². The molecule has 3 amide bonds. The van der Waals surface area contributed by atoms with Gasteiger partial charge in [-0.3, -0.25) is 9.69 Å². The quantitative estimate of drug-likeness (QED) is 0.740. The summed E-state index contributed by atoms with van der Waals surface area (Å²) in [4.78, 5) is 30.3. The second-order valence-corrected chi connectivity index (χ2v) is 7.25. The minimum atomic E-state index is 0.0101. The molecule has 0 radical (unpaired) electrons. The molecule has 2 aliphatic rings. The van der Waals surface area contributed by atoms with Gasteiger partial charge in [-0.1, -0.05) is 0 Å². The number of piperidine rings is 1. The number of nitrogens with zero attached hydrogens (tertiary/aromatic N) is 3. The number of hydrogen-bond acceptors (Lipinski definition) is 4. The average molecular weight is 369 g/mol. The number of nitrogens with one attached hydrogen (secondary N) is 1. The van der Waals surface area contributed by atoms with E-state index in [0.29, 0.717) is 18.6 Å². The number of hydrogen-bond donors (Lipinski definition) is 1. The highest BCUT2D eigenvalue weighted by Crippen LogP contribution is 2.23. The van der Waals surface area contributed by atoms with Gasteiger partial charge in [0.2, 0.25) is 5.91 Å². The smallest absolute Gasteiger partial charge is 0.317 e. The lowest BCUT2D eigenvalue weighted by Crippen LogP contribution is -2.55. The number of amides is 3. The SMILES string of the molecule is CCN(CC)C(=O)NCCN(C1CCOCC1)C1CCCN(C(C)=O)C1. The molecule has 0 aliphatic carbocycles. The molecule has 0 saturated carbocycles. The average Bonchev–Trinajstić information content (AvgIpc) is 2.67. The van der Waals surface area contributed by atoms with E-state index in [4.69, 9.17) is 4.74 Å². The highest BCUT2D eigenvalue weighted by molar-refractivity contribution is 5.74. The zero-order valence-corrected chi connectivity index (χ0v) is 16.7. The molecule has 0 aromatic rings. The zero-order valence-electron chi connectivity index (χ0n) is 16.7. The van der Waals surface area contributed by atoms with E-state index in [0.717, 1.165) is 71.6 Å². The predicted molar refractivity (Wildman–Crippen MR) is 102 cm³/mol. The number of carbonyl (C=O) groups excluding carboxylic acids is 2. The molecular weight excluding hydrogens is 332 g/mol. The van der Waals surface area contributed by atoms with Crippen molar-refractivity contribution in [3.05, 3.63) is 0 Å². The minimum absolute atomic E-state index is 0.0101. The van der Waals surface area contributed by atoms with Crippen LogP contribution in [0.2, 0.25) is 0 Å². The summed E-state index contributed by atoms with van der Waals surface area (Å²) in [5.74, 6) is 0.163. The monoisotopic (exact) mass is 368 g/mol. The third-order valence-electron chi connectivity index (χ3n) is 5.67. The lowest BCUT2D eigenvalue weighted by molar-refractivity contribution is -0.131. The Labute approximate surface area is 158 Å². The van der Waals surface area contributed by atoms with E-state index in [1.165, 1.54) is 0 Å². The first kappa shape index (κ1) is 21.0. The molecule has 1 N–H and O–H groups in total. The molecule has 1 atom stereocenters. The van der Waals surface area contributed by atoms with Crippen LogP contribution in [0.25, 0.3) is 0 Å². The minimum Gasteiger partial charge on any atom is -0.381 e. The van der Waals surface area contributed by atoms with E-state index in [-0.39, 0.29) is 11.9 Å². The van der Waals surface area contributed by atoms with Gasteiger partial charge in [0.1, 0.15) is 0 Å². The Morgan fingerprint density at radius 3 is 2.42 bits per heavy atom. The van der Waals surface area contributed by atoms with Crippen molar-refractivity contribution in [1.82, 2.24) is 20.0 Å². The van der Waals surface area contributed by atoms with E-state index < -0.39 is 0 Å². The summed E-state index contributed by atoms with van der Waals surface area (Å²) in [6, 6.07) is 0.864. The van der Waals surface area contributed by atoms with Gasteiger partial charge < -0.3 is 19.9 Å². The van der Waals surface area contributed by atoms with Gasteiger partial charge in [-0.05, 0) is 39.5 Å². The molecule has 2 rings (SSSR count). The molecule has 0 bridgehead atoms. The van der Waals surface area contributed by atoms with Crippen molar-refractivity contribution in [2.75, 3.05) is 52.5 Å². The number of ether oxygens (including phenoxy) is 1. The van der Waals surface area contributed by atoms with Crippen molar-refractivity contribution in [2.45, 2.75) is 58.5 Å². The molecule has 2 aliphatic heterocycles. The first-order valence-electron chi connectivity index (χ1n) is 10.2. The van der Waals surface area contributed by atoms with Crippen LogP contribution in [0.15, 0.2) is 0 Å². The normalized spacial score (nSPS) is 21.7. The van der Waals surface area contributed by atoms with Crippen LogP contribution in [0.3, 0.4) is 0 Å². The number of carbonyl (C=O) groups is 2. The summed E-state index contributed by atoms with van der Waals surface area (Å²) in [6.07, 6.45) is 4.22. The van der Waals surface area contributed by atoms with Crippen LogP contribution in [0.5, 0.6) is 0 Å². The number of likely N-dealkylation sites (tertiary alicyclic amines) is 1. The molecule has 26 heavy (non-hydrogen) atoms. The largest absolute Gasteiger partial charge is 0.381 e. The fourth-order valence-corrected chi connectivity index (χ4v) is 4.11. The molecule has 2 saturated heterocycles. The summed E-state index contributed by atoms with van der Waals surface area (Å²) in [7, 11) is 0. The maximum absolute atomic E-state index is 12.2. The van der Waals surface area contributed by atoms with Crippen LogP contribution in [-0.4, -0.2) is 91.2 Å². The van der Waals surface area contributed by atoms with Crippen molar-refractivity contribution in [3.63, 3.8) is 0 Å². The van der Waals surface area contributed by atoms with Crippen molar-refractivity contribution in [3.8, 4) is 0 Å². The van der Waals surface area contributed by atoms with Crippen molar-refractivity contribution >= 4 is 11.9 Å². The van der Waals surface area contributed by atoms with E-state index in [2.05, 4.69) is 10.2 Å². The molecule has 1 unspecified atom stereocenters. The van der Waals surface area contributed by atoms with Gasteiger partial charge in [-0.15, -0.1) is 0 Å². The van der Waals surface area contributed by atoms with Crippen LogP contribution >= 0.6 is 0 Å². The highest BCUT2D eigenvalue weighted by atomic mass is 16.5. The molecule has 0 aromatic carbocycles. The molecule has 2 heterocycles. The molecule has 7 heteroatoms. The second kappa shape index (κ2) is 10.7. The Balaban J connectivity index is 1.95. The first-order chi connectivity index (χ1) is 12.6.